The van der Waals surface area contributed by atoms with Crippen LogP contribution in [0.15, 0.2) is 12.1 Å². The van der Waals surface area contributed by atoms with Crippen molar-refractivity contribution >= 4 is 11.0 Å². The van der Waals surface area contributed by atoms with E-state index in [1.807, 2.05) is 26.0 Å². The van der Waals surface area contributed by atoms with Crippen molar-refractivity contribution in [3.05, 3.63) is 23.5 Å². The Hall–Kier alpha value is -1.38. The topological polar surface area (TPSA) is 41.6 Å². The molecule has 3 nitrogen and oxygen atoms in total. The molecule has 0 aromatic carbocycles. The first kappa shape index (κ1) is 6.34. The zero-order valence-corrected chi connectivity index (χ0v) is 6.55. The second-order valence-electron chi connectivity index (χ2n) is 2.66. The minimum absolute atomic E-state index is 0.877. The Morgan fingerprint density at radius 2 is 2.09 bits per heavy atom. The second-order valence-corrected chi connectivity index (χ2v) is 2.66. The van der Waals surface area contributed by atoms with Crippen LogP contribution in [0.1, 0.15) is 11.4 Å². The van der Waals surface area contributed by atoms with Crippen molar-refractivity contribution in [2.45, 2.75) is 13.8 Å². The Labute approximate surface area is 64.5 Å². The largest absolute Gasteiger partial charge is 0.261 e. The highest BCUT2D eigenvalue weighted by atomic mass is 15.1. The lowest BCUT2D eigenvalue weighted by molar-refractivity contribution is 1.05. The number of aryl methyl sites for hydroxylation is 2. The zero-order chi connectivity index (χ0) is 7.84. The molecule has 0 saturated carbocycles. The first-order chi connectivity index (χ1) is 5.27. The van der Waals surface area contributed by atoms with Crippen molar-refractivity contribution in [3.63, 3.8) is 0 Å². The fraction of sp³-hybridized carbons (Fsp3) is 0.250. The normalized spacial score (nSPS) is 10.7. The molecular formula is C8H9N3. The molecule has 0 fully saturated rings. The van der Waals surface area contributed by atoms with Crippen LogP contribution in [-0.4, -0.2) is 15.2 Å². The highest BCUT2D eigenvalue weighted by Crippen LogP contribution is 2.12. The summed E-state index contributed by atoms with van der Waals surface area (Å²) in [6.45, 7) is 3.94. The Morgan fingerprint density at radius 3 is 2.91 bits per heavy atom. The van der Waals surface area contributed by atoms with Crippen LogP contribution in [0, 0.1) is 13.8 Å². The molecule has 0 spiro atoms. The lowest BCUT2D eigenvalue weighted by Crippen LogP contribution is -1.80. The summed E-state index contributed by atoms with van der Waals surface area (Å²) in [7, 11) is 0. The van der Waals surface area contributed by atoms with Crippen LogP contribution in [0.2, 0.25) is 0 Å². The number of nitrogens with one attached hydrogen (secondary N) is 1. The third kappa shape index (κ3) is 0.888. The standard InChI is InChI=1S/C8H9N3/c1-5-3-4-7-6(2)10-11-8(7)9-5/h3-4H,1-2H3,(H,9,10,11). The third-order valence-electron chi connectivity index (χ3n) is 1.75. The van der Waals surface area contributed by atoms with Gasteiger partial charge in [-0.1, -0.05) is 0 Å². The molecule has 2 aromatic heterocycles. The van der Waals surface area contributed by atoms with Crippen LogP contribution in [-0.2, 0) is 0 Å². The van der Waals surface area contributed by atoms with E-state index in [0.717, 1.165) is 22.4 Å². The van der Waals surface area contributed by atoms with Gasteiger partial charge in [0.05, 0.1) is 5.69 Å². The highest BCUT2D eigenvalue weighted by Gasteiger charge is 2.00. The van der Waals surface area contributed by atoms with Gasteiger partial charge in [0.2, 0.25) is 0 Å². The molecule has 3 heteroatoms. The number of pyridine rings is 1. The molecule has 0 aliphatic heterocycles. The Balaban J connectivity index is 2.86. The maximum Gasteiger partial charge on any atom is 0.155 e. The van der Waals surface area contributed by atoms with Crippen LogP contribution >= 0.6 is 0 Å². The second kappa shape index (κ2) is 2.05. The molecule has 1 N–H and O–H groups in total. The van der Waals surface area contributed by atoms with E-state index < -0.39 is 0 Å². The number of H-pyrrole nitrogens is 1. The number of aromatic amines is 1. The van der Waals surface area contributed by atoms with Crippen LogP contribution < -0.4 is 0 Å². The summed E-state index contributed by atoms with van der Waals surface area (Å²) < 4.78 is 0. The van der Waals surface area contributed by atoms with Gasteiger partial charge in [-0.15, -0.1) is 0 Å². The molecule has 56 valence electrons. The molecule has 0 unspecified atom stereocenters. The molecular weight excluding hydrogens is 138 g/mol. The van der Waals surface area contributed by atoms with Crippen molar-refractivity contribution in [2.75, 3.05) is 0 Å². The van der Waals surface area contributed by atoms with E-state index in [4.69, 9.17) is 0 Å². The Morgan fingerprint density at radius 1 is 1.27 bits per heavy atom. The molecule has 0 aliphatic rings. The van der Waals surface area contributed by atoms with Gasteiger partial charge in [0.15, 0.2) is 5.65 Å². The summed E-state index contributed by atoms with van der Waals surface area (Å²) in [6, 6.07) is 4.03. The molecule has 11 heavy (non-hydrogen) atoms. The number of rotatable bonds is 0. The average molecular weight is 147 g/mol. The molecule has 2 rings (SSSR count). The quantitative estimate of drug-likeness (QED) is 0.614. The number of hydrogen-bond donors (Lipinski definition) is 1. The molecule has 2 aromatic rings. The minimum atomic E-state index is 0.877. The van der Waals surface area contributed by atoms with Crippen molar-refractivity contribution in [1.29, 1.82) is 0 Å². The van der Waals surface area contributed by atoms with E-state index >= 15 is 0 Å². The summed E-state index contributed by atoms with van der Waals surface area (Å²) in [6.07, 6.45) is 0. The summed E-state index contributed by atoms with van der Waals surface area (Å²) in [4.78, 5) is 4.28. The van der Waals surface area contributed by atoms with Crippen molar-refractivity contribution in [3.8, 4) is 0 Å². The lowest BCUT2D eigenvalue weighted by atomic mass is 10.2. The van der Waals surface area contributed by atoms with Gasteiger partial charge in [-0.2, -0.15) is 5.10 Å². The summed E-state index contributed by atoms with van der Waals surface area (Å²) in [5.41, 5.74) is 2.90. The third-order valence-corrected chi connectivity index (χ3v) is 1.75. The molecule has 0 saturated heterocycles. The SMILES string of the molecule is Cc1ccc2c(C)n[nH]c2n1. The number of fused-ring (bicyclic) bond motifs is 1. The fourth-order valence-corrected chi connectivity index (χ4v) is 1.13. The zero-order valence-electron chi connectivity index (χ0n) is 6.55. The van der Waals surface area contributed by atoms with Gasteiger partial charge in [-0.05, 0) is 26.0 Å². The highest BCUT2D eigenvalue weighted by molar-refractivity contribution is 5.77. The first-order valence-electron chi connectivity index (χ1n) is 3.56. The van der Waals surface area contributed by atoms with Gasteiger partial charge in [-0.3, -0.25) is 5.10 Å². The molecule has 0 aliphatic carbocycles. The van der Waals surface area contributed by atoms with E-state index in [0.29, 0.717) is 0 Å². The summed E-state index contributed by atoms with van der Waals surface area (Å²) in [5.74, 6) is 0. The summed E-state index contributed by atoms with van der Waals surface area (Å²) >= 11 is 0. The first-order valence-corrected chi connectivity index (χ1v) is 3.56. The predicted molar refractivity (Wildman–Crippen MR) is 43.4 cm³/mol. The molecule has 0 radical (unpaired) electrons. The van der Waals surface area contributed by atoms with Gasteiger partial charge in [0, 0.05) is 11.1 Å². The summed E-state index contributed by atoms with van der Waals surface area (Å²) in [5, 5.41) is 8.02. The maximum absolute atomic E-state index is 4.28. The van der Waals surface area contributed by atoms with Gasteiger partial charge in [0.25, 0.3) is 0 Å². The van der Waals surface area contributed by atoms with E-state index in [9.17, 15) is 0 Å². The molecule has 0 atom stereocenters. The van der Waals surface area contributed by atoms with E-state index in [1.165, 1.54) is 0 Å². The number of hydrogen-bond acceptors (Lipinski definition) is 2. The average Bonchev–Trinajstić information content (AvgIpc) is 2.32. The lowest BCUT2D eigenvalue weighted by Gasteiger charge is -1.90. The predicted octanol–water partition coefficient (Wildman–Crippen LogP) is 1.57. The van der Waals surface area contributed by atoms with Crippen molar-refractivity contribution in [1.82, 2.24) is 15.2 Å². The molecule has 2 heterocycles. The fourth-order valence-electron chi connectivity index (χ4n) is 1.13. The van der Waals surface area contributed by atoms with Crippen LogP contribution in [0.4, 0.5) is 0 Å². The monoisotopic (exact) mass is 147 g/mol. The molecule has 0 amide bonds. The van der Waals surface area contributed by atoms with Gasteiger partial charge >= 0.3 is 0 Å². The van der Waals surface area contributed by atoms with Gasteiger partial charge in [0.1, 0.15) is 0 Å². The number of aromatic nitrogens is 3. The van der Waals surface area contributed by atoms with Crippen LogP contribution in [0.25, 0.3) is 11.0 Å². The van der Waals surface area contributed by atoms with Crippen molar-refractivity contribution < 1.29 is 0 Å². The number of nitrogens with zero attached hydrogens (tertiary/aromatic N) is 2. The Kier molecular flexibility index (Phi) is 1.18. The minimum Gasteiger partial charge on any atom is -0.261 e. The van der Waals surface area contributed by atoms with Crippen molar-refractivity contribution in [2.24, 2.45) is 0 Å². The van der Waals surface area contributed by atoms with E-state index in [2.05, 4.69) is 15.2 Å². The van der Waals surface area contributed by atoms with E-state index in [1.54, 1.807) is 0 Å². The van der Waals surface area contributed by atoms with Gasteiger partial charge in [-0.25, -0.2) is 4.98 Å². The van der Waals surface area contributed by atoms with Crippen LogP contribution in [0.3, 0.4) is 0 Å². The molecule has 0 bridgehead atoms. The van der Waals surface area contributed by atoms with Gasteiger partial charge < -0.3 is 0 Å². The smallest absolute Gasteiger partial charge is 0.155 e. The van der Waals surface area contributed by atoms with Crippen LogP contribution in [0.5, 0.6) is 0 Å². The maximum atomic E-state index is 4.28. The van der Waals surface area contributed by atoms with E-state index in [-0.39, 0.29) is 0 Å². The Bertz CT molecular complexity index is 389.